The zero-order valence-corrected chi connectivity index (χ0v) is 18.5. The lowest BCUT2D eigenvalue weighted by Gasteiger charge is -2.24. The first-order valence-corrected chi connectivity index (χ1v) is 10.1. The molecule has 2 N–H and O–H groups in total. The minimum atomic E-state index is -5.03. The molecule has 0 radical (unpaired) electrons. The molecule has 0 saturated heterocycles. The number of benzene rings is 1. The number of hydrogen-bond donors (Lipinski definition) is 2. The summed E-state index contributed by atoms with van der Waals surface area (Å²) in [6.45, 7) is 4.28. The highest BCUT2D eigenvalue weighted by Gasteiger charge is 2.45. The van der Waals surface area contributed by atoms with Crippen LogP contribution < -0.4 is 10.6 Å². The lowest BCUT2D eigenvalue weighted by atomic mass is 9.97. The topological polar surface area (TPSA) is 116 Å². The number of carbonyl (C=O) groups excluding carboxylic acids is 2. The van der Waals surface area contributed by atoms with E-state index >= 15 is 0 Å². The Morgan fingerprint density at radius 1 is 1.12 bits per heavy atom. The van der Waals surface area contributed by atoms with Gasteiger partial charge in [-0.25, -0.2) is 4.79 Å². The third-order valence-corrected chi connectivity index (χ3v) is 4.97. The van der Waals surface area contributed by atoms with E-state index in [1.807, 2.05) is 0 Å². The van der Waals surface area contributed by atoms with Gasteiger partial charge in [-0.1, -0.05) is 5.11 Å². The number of azide groups is 1. The molecule has 0 bridgehead atoms. The second kappa shape index (κ2) is 9.61. The predicted molar refractivity (Wildman–Crippen MR) is 107 cm³/mol. The van der Waals surface area contributed by atoms with Crippen molar-refractivity contribution in [2.24, 2.45) is 5.11 Å². The molecule has 1 saturated carbocycles. The molecule has 0 heterocycles. The van der Waals surface area contributed by atoms with Gasteiger partial charge in [0.25, 0.3) is 0 Å². The van der Waals surface area contributed by atoms with Crippen molar-refractivity contribution < 1.29 is 40.7 Å². The van der Waals surface area contributed by atoms with Crippen LogP contribution in [0.4, 0.5) is 31.1 Å². The second-order valence-corrected chi connectivity index (χ2v) is 8.90. The Labute approximate surface area is 190 Å². The van der Waals surface area contributed by atoms with Crippen LogP contribution >= 0.6 is 0 Å². The van der Waals surface area contributed by atoms with Gasteiger partial charge in [0.1, 0.15) is 11.1 Å². The summed E-state index contributed by atoms with van der Waals surface area (Å²) in [5.41, 5.74) is 2.99. The fourth-order valence-electron chi connectivity index (χ4n) is 3.52. The zero-order valence-electron chi connectivity index (χ0n) is 18.5. The van der Waals surface area contributed by atoms with E-state index in [2.05, 4.69) is 20.7 Å². The molecular weight excluding hydrogens is 472 g/mol. The summed E-state index contributed by atoms with van der Waals surface area (Å²) in [4.78, 5) is 27.4. The summed E-state index contributed by atoms with van der Waals surface area (Å²) in [6.07, 6.45) is -10.7. The SMILES string of the molecule is CC(C)(C)OC(=O)N[C@@H]1CCC(N=[N+]=[N-])(C(=O)NCc2cc(C(F)(F)F)cc(C(F)(F)F)c2)C1. The summed E-state index contributed by atoms with van der Waals surface area (Å²) < 4.78 is 83.4. The molecule has 1 aromatic carbocycles. The number of alkyl carbamates (subject to hydrolysis) is 1. The first-order valence-electron chi connectivity index (χ1n) is 10.1. The number of ether oxygens (including phenoxy) is 1. The third kappa shape index (κ3) is 7.17. The smallest absolute Gasteiger partial charge is 0.416 e. The molecule has 2 amide bonds. The predicted octanol–water partition coefficient (Wildman–Crippen LogP) is 5.47. The fraction of sp³-hybridized carbons (Fsp3) is 0.600. The highest BCUT2D eigenvalue weighted by atomic mass is 19.4. The van der Waals surface area contributed by atoms with Crippen LogP contribution in [-0.4, -0.2) is 29.2 Å². The summed E-state index contributed by atoms with van der Waals surface area (Å²) in [5, 5.41) is 8.33. The van der Waals surface area contributed by atoms with Crippen LogP contribution in [0, 0.1) is 0 Å². The Morgan fingerprint density at radius 3 is 2.15 bits per heavy atom. The van der Waals surface area contributed by atoms with E-state index in [9.17, 15) is 35.9 Å². The fourth-order valence-corrected chi connectivity index (χ4v) is 3.52. The van der Waals surface area contributed by atoms with Gasteiger partial charge in [-0.05, 0) is 69.3 Å². The van der Waals surface area contributed by atoms with Crippen molar-refractivity contribution in [2.45, 2.75) is 76.1 Å². The summed E-state index contributed by atoms with van der Waals surface area (Å²) in [6, 6.07) is 0.377. The molecule has 1 aromatic rings. The standard InChI is InChI=1S/C20H23F6N5O3/c1-17(2,3)34-16(33)29-14-4-5-18(9-14,30-31-27)15(32)28-10-11-6-12(19(21,22)23)8-13(7-11)20(24,25)26/h6-8,14H,4-5,9-10H2,1-3H3,(H,28,32)(H,29,33)/t14-,18?/m1/s1. The van der Waals surface area contributed by atoms with Gasteiger partial charge in [0.2, 0.25) is 5.91 Å². The van der Waals surface area contributed by atoms with E-state index in [1.54, 1.807) is 20.8 Å². The van der Waals surface area contributed by atoms with Crippen LogP contribution in [0.5, 0.6) is 0 Å². The van der Waals surface area contributed by atoms with Crippen molar-refractivity contribution in [3.63, 3.8) is 0 Å². The molecule has 2 rings (SSSR count). The molecular formula is C20H23F6N5O3. The van der Waals surface area contributed by atoms with Crippen LogP contribution in [0.3, 0.4) is 0 Å². The van der Waals surface area contributed by atoms with Gasteiger partial charge in [0.05, 0.1) is 11.1 Å². The van der Waals surface area contributed by atoms with Crippen molar-refractivity contribution in [2.75, 3.05) is 0 Å². The number of hydrogen-bond acceptors (Lipinski definition) is 4. The Balaban J connectivity index is 2.17. The number of alkyl halides is 6. The summed E-state index contributed by atoms with van der Waals surface area (Å²) in [7, 11) is 0. The lowest BCUT2D eigenvalue weighted by molar-refractivity contribution is -0.143. The summed E-state index contributed by atoms with van der Waals surface area (Å²) in [5.74, 6) is -0.884. The molecule has 0 aromatic heterocycles. The number of nitrogens with zero attached hydrogens (tertiary/aromatic N) is 3. The lowest BCUT2D eigenvalue weighted by Crippen LogP contribution is -2.45. The highest BCUT2D eigenvalue weighted by molar-refractivity contribution is 5.87. The average Bonchev–Trinajstić information content (AvgIpc) is 3.06. The Morgan fingerprint density at radius 2 is 1.68 bits per heavy atom. The molecule has 1 aliphatic rings. The van der Waals surface area contributed by atoms with Crippen LogP contribution in [0.2, 0.25) is 0 Å². The normalized spacial score (nSPS) is 20.9. The van der Waals surface area contributed by atoms with Gasteiger partial charge in [-0.3, -0.25) is 4.79 Å². The Hall–Kier alpha value is -3.15. The average molecular weight is 495 g/mol. The second-order valence-electron chi connectivity index (χ2n) is 8.90. The molecule has 188 valence electrons. The van der Waals surface area contributed by atoms with E-state index in [0.29, 0.717) is 12.1 Å². The van der Waals surface area contributed by atoms with Crippen LogP contribution in [0.15, 0.2) is 23.3 Å². The van der Waals surface area contributed by atoms with Crippen LogP contribution in [0.25, 0.3) is 10.4 Å². The van der Waals surface area contributed by atoms with E-state index in [-0.39, 0.29) is 25.3 Å². The molecule has 34 heavy (non-hydrogen) atoms. The van der Waals surface area contributed by atoms with E-state index in [1.165, 1.54) is 0 Å². The number of rotatable bonds is 5. The van der Waals surface area contributed by atoms with E-state index in [0.717, 1.165) is 0 Å². The quantitative estimate of drug-likeness (QED) is 0.244. The van der Waals surface area contributed by atoms with E-state index < -0.39 is 64.8 Å². The molecule has 2 atom stereocenters. The number of halogens is 6. The van der Waals surface area contributed by atoms with Gasteiger partial charge >= 0.3 is 18.4 Å². The van der Waals surface area contributed by atoms with Gasteiger partial charge < -0.3 is 15.4 Å². The largest absolute Gasteiger partial charge is 0.444 e. The minimum absolute atomic E-state index is 0.000248. The van der Waals surface area contributed by atoms with Crippen molar-refractivity contribution in [3.05, 3.63) is 45.3 Å². The molecule has 1 unspecified atom stereocenters. The van der Waals surface area contributed by atoms with Gasteiger partial charge in [-0.15, -0.1) is 0 Å². The van der Waals surface area contributed by atoms with Crippen LogP contribution in [0.1, 0.15) is 56.7 Å². The Bertz CT molecular complexity index is 950. The monoisotopic (exact) mass is 495 g/mol. The van der Waals surface area contributed by atoms with Gasteiger partial charge in [-0.2, -0.15) is 26.3 Å². The molecule has 1 fully saturated rings. The number of amides is 2. The molecule has 14 heteroatoms. The summed E-state index contributed by atoms with van der Waals surface area (Å²) >= 11 is 0. The van der Waals surface area contributed by atoms with Crippen molar-refractivity contribution in [1.82, 2.24) is 10.6 Å². The van der Waals surface area contributed by atoms with Crippen molar-refractivity contribution in [3.8, 4) is 0 Å². The molecule has 8 nitrogen and oxygen atoms in total. The third-order valence-electron chi connectivity index (χ3n) is 4.97. The van der Waals surface area contributed by atoms with Gasteiger partial charge in [0.15, 0.2) is 0 Å². The van der Waals surface area contributed by atoms with Crippen LogP contribution in [-0.2, 0) is 28.4 Å². The number of nitrogens with one attached hydrogen (secondary N) is 2. The first-order chi connectivity index (χ1) is 15.4. The van der Waals surface area contributed by atoms with Crippen molar-refractivity contribution in [1.29, 1.82) is 0 Å². The highest BCUT2D eigenvalue weighted by Crippen LogP contribution is 2.37. The molecule has 1 aliphatic carbocycles. The maximum atomic E-state index is 13.0. The molecule has 0 spiro atoms. The minimum Gasteiger partial charge on any atom is -0.444 e. The van der Waals surface area contributed by atoms with Gasteiger partial charge in [0, 0.05) is 17.5 Å². The molecule has 0 aliphatic heterocycles. The zero-order chi connectivity index (χ0) is 25.9. The maximum absolute atomic E-state index is 13.0. The maximum Gasteiger partial charge on any atom is 0.416 e. The first kappa shape index (κ1) is 27.1. The van der Waals surface area contributed by atoms with Crippen molar-refractivity contribution >= 4 is 12.0 Å². The Kier molecular flexibility index (Phi) is 7.66. The number of carbonyl (C=O) groups is 2. The van der Waals surface area contributed by atoms with E-state index in [4.69, 9.17) is 10.3 Å².